The number of thiazole rings is 1. The molecule has 0 radical (unpaired) electrons. The van der Waals surface area contributed by atoms with Crippen LogP contribution in [0.2, 0.25) is 0 Å². The van der Waals surface area contributed by atoms with Crippen LogP contribution in [0.4, 0.5) is 0 Å². The molecule has 2 N–H and O–H groups in total. The summed E-state index contributed by atoms with van der Waals surface area (Å²) in [5, 5.41) is 1.20. The maximum absolute atomic E-state index is 5.45. The second-order valence-electron chi connectivity index (χ2n) is 2.97. The summed E-state index contributed by atoms with van der Waals surface area (Å²) in [7, 11) is 0. The second kappa shape index (κ2) is 7.01. The molecule has 84 valence electrons. The molecule has 2 nitrogen and oxygen atoms in total. The fourth-order valence-corrected chi connectivity index (χ4v) is 2.29. The van der Waals surface area contributed by atoms with Gasteiger partial charge in [-0.15, -0.1) is 36.2 Å². The van der Waals surface area contributed by atoms with Gasteiger partial charge in [-0.1, -0.05) is 12.1 Å². The maximum Gasteiger partial charge on any atom is 0.0939 e. The molecule has 0 saturated heterocycles. The Morgan fingerprint density at radius 1 is 1.20 bits per heavy atom. The summed E-state index contributed by atoms with van der Waals surface area (Å²) in [6, 6.07) is 8.23. The van der Waals surface area contributed by atoms with Crippen LogP contribution < -0.4 is 5.73 Å². The first kappa shape index (κ1) is 14.6. The quantitative estimate of drug-likeness (QED) is 0.926. The van der Waals surface area contributed by atoms with E-state index in [9.17, 15) is 0 Å². The highest BCUT2D eigenvalue weighted by atomic mass is 35.5. The van der Waals surface area contributed by atoms with E-state index in [1.165, 1.54) is 9.71 Å². The lowest BCUT2D eigenvalue weighted by Crippen LogP contribution is -1.99. The zero-order valence-electron chi connectivity index (χ0n) is 8.18. The van der Waals surface area contributed by atoms with Crippen molar-refractivity contribution in [2.24, 2.45) is 5.73 Å². The van der Waals surface area contributed by atoms with E-state index in [0.29, 0.717) is 0 Å². The van der Waals surface area contributed by atoms with Crippen molar-refractivity contribution in [1.29, 1.82) is 0 Å². The van der Waals surface area contributed by atoms with Crippen molar-refractivity contribution >= 4 is 46.4 Å². The molecule has 0 unspecified atom stereocenters. The molecular formula is C10H14Cl2N2S. The van der Waals surface area contributed by atoms with E-state index in [1.807, 2.05) is 12.1 Å². The molecule has 0 fully saturated rings. The number of hydrogen-bond acceptors (Lipinski definition) is 3. The molecular weight excluding hydrogens is 251 g/mol. The van der Waals surface area contributed by atoms with E-state index >= 15 is 0 Å². The maximum atomic E-state index is 5.45. The van der Waals surface area contributed by atoms with Gasteiger partial charge < -0.3 is 5.73 Å². The van der Waals surface area contributed by atoms with Crippen molar-refractivity contribution in [2.75, 3.05) is 6.54 Å². The summed E-state index contributed by atoms with van der Waals surface area (Å²) in [5.74, 6) is 0. The highest BCUT2D eigenvalue weighted by Gasteiger charge is 2.01. The SMILES string of the molecule is Cl.Cl.NCCCc1nc2ccccc2s1. The first-order valence-electron chi connectivity index (χ1n) is 4.44. The summed E-state index contributed by atoms with van der Waals surface area (Å²) in [6.45, 7) is 0.746. The standard InChI is InChI=1S/C10H12N2S.2ClH/c11-7-3-6-10-12-8-4-1-2-5-9(8)13-10;;/h1-2,4-5H,3,6-7,11H2;2*1H. The Morgan fingerprint density at radius 3 is 2.60 bits per heavy atom. The second-order valence-corrected chi connectivity index (χ2v) is 4.08. The number of benzene rings is 1. The third kappa shape index (κ3) is 3.61. The molecule has 1 heterocycles. The Morgan fingerprint density at radius 2 is 1.93 bits per heavy atom. The minimum atomic E-state index is 0. The van der Waals surface area contributed by atoms with Gasteiger partial charge in [-0.25, -0.2) is 4.98 Å². The van der Waals surface area contributed by atoms with Gasteiger partial charge in [-0.05, 0) is 25.1 Å². The normalized spacial score (nSPS) is 9.40. The third-order valence-corrected chi connectivity index (χ3v) is 3.03. The van der Waals surface area contributed by atoms with E-state index in [4.69, 9.17) is 5.73 Å². The minimum Gasteiger partial charge on any atom is -0.330 e. The van der Waals surface area contributed by atoms with Crippen LogP contribution in [0.25, 0.3) is 10.2 Å². The Balaban J connectivity index is 0.000000980. The van der Waals surface area contributed by atoms with Gasteiger partial charge in [-0.2, -0.15) is 0 Å². The Labute approximate surface area is 106 Å². The van der Waals surface area contributed by atoms with Crippen LogP contribution in [-0.4, -0.2) is 11.5 Å². The number of rotatable bonds is 3. The molecule has 1 aromatic heterocycles. The molecule has 0 aliphatic rings. The smallest absolute Gasteiger partial charge is 0.0939 e. The number of nitrogens with zero attached hydrogens (tertiary/aromatic N) is 1. The number of halogens is 2. The Hall–Kier alpha value is -0.350. The van der Waals surface area contributed by atoms with Crippen molar-refractivity contribution in [2.45, 2.75) is 12.8 Å². The third-order valence-electron chi connectivity index (χ3n) is 1.93. The van der Waals surface area contributed by atoms with E-state index < -0.39 is 0 Å². The van der Waals surface area contributed by atoms with Crippen LogP contribution >= 0.6 is 36.2 Å². The fraction of sp³-hybridized carbons (Fsp3) is 0.300. The number of para-hydroxylation sites is 1. The molecule has 2 aromatic rings. The zero-order valence-corrected chi connectivity index (χ0v) is 10.6. The molecule has 0 atom stereocenters. The largest absolute Gasteiger partial charge is 0.330 e. The summed E-state index contributed by atoms with van der Waals surface area (Å²) in [6.07, 6.45) is 2.04. The molecule has 0 saturated carbocycles. The number of aryl methyl sites for hydroxylation is 1. The minimum absolute atomic E-state index is 0. The van der Waals surface area contributed by atoms with E-state index in [1.54, 1.807) is 11.3 Å². The first-order valence-corrected chi connectivity index (χ1v) is 5.26. The van der Waals surface area contributed by atoms with Crippen molar-refractivity contribution in [1.82, 2.24) is 4.98 Å². The number of aromatic nitrogens is 1. The van der Waals surface area contributed by atoms with Gasteiger partial charge in [0.15, 0.2) is 0 Å². The summed E-state index contributed by atoms with van der Waals surface area (Å²) in [4.78, 5) is 4.51. The zero-order chi connectivity index (χ0) is 9.10. The topological polar surface area (TPSA) is 38.9 Å². The van der Waals surface area contributed by atoms with Crippen LogP contribution in [0, 0.1) is 0 Å². The summed E-state index contributed by atoms with van der Waals surface area (Å²) in [5.41, 5.74) is 6.56. The van der Waals surface area contributed by atoms with Gasteiger partial charge in [-0.3, -0.25) is 0 Å². The molecule has 0 spiro atoms. The Kier molecular flexibility index (Phi) is 6.85. The predicted octanol–water partition coefficient (Wildman–Crippen LogP) is 3.03. The lowest BCUT2D eigenvalue weighted by atomic mass is 10.3. The summed E-state index contributed by atoms with van der Waals surface area (Å²) >= 11 is 1.77. The van der Waals surface area contributed by atoms with Gasteiger partial charge in [0.05, 0.1) is 15.2 Å². The summed E-state index contributed by atoms with van der Waals surface area (Å²) < 4.78 is 1.27. The fourth-order valence-electron chi connectivity index (χ4n) is 1.28. The van der Waals surface area contributed by atoms with Crippen LogP contribution in [0.5, 0.6) is 0 Å². The van der Waals surface area contributed by atoms with E-state index in [2.05, 4.69) is 17.1 Å². The average molecular weight is 265 g/mol. The molecule has 0 aliphatic heterocycles. The van der Waals surface area contributed by atoms with Gasteiger partial charge in [0.1, 0.15) is 0 Å². The molecule has 2 rings (SSSR count). The van der Waals surface area contributed by atoms with E-state index in [-0.39, 0.29) is 24.8 Å². The Bertz CT molecular complexity index is 370. The van der Waals surface area contributed by atoms with Crippen LogP contribution in [0.3, 0.4) is 0 Å². The van der Waals surface area contributed by atoms with Gasteiger partial charge in [0.25, 0.3) is 0 Å². The van der Waals surface area contributed by atoms with Gasteiger partial charge >= 0.3 is 0 Å². The highest BCUT2D eigenvalue weighted by Crippen LogP contribution is 2.22. The highest BCUT2D eigenvalue weighted by molar-refractivity contribution is 7.18. The number of hydrogen-bond donors (Lipinski definition) is 1. The van der Waals surface area contributed by atoms with Crippen LogP contribution in [0.15, 0.2) is 24.3 Å². The van der Waals surface area contributed by atoms with Gasteiger partial charge in [0.2, 0.25) is 0 Å². The van der Waals surface area contributed by atoms with Crippen LogP contribution in [-0.2, 0) is 6.42 Å². The average Bonchev–Trinajstić information content (AvgIpc) is 2.57. The van der Waals surface area contributed by atoms with Crippen molar-refractivity contribution in [3.8, 4) is 0 Å². The van der Waals surface area contributed by atoms with Crippen molar-refractivity contribution in [3.05, 3.63) is 29.3 Å². The van der Waals surface area contributed by atoms with Crippen molar-refractivity contribution in [3.63, 3.8) is 0 Å². The van der Waals surface area contributed by atoms with E-state index in [0.717, 1.165) is 24.9 Å². The predicted molar refractivity (Wildman–Crippen MR) is 71.5 cm³/mol. The van der Waals surface area contributed by atoms with Gasteiger partial charge in [0, 0.05) is 6.42 Å². The molecule has 0 bridgehead atoms. The molecule has 0 amide bonds. The number of nitrogens with two attached hydrogens (primary N) is 1. The molecule has 1 aromatic carbocycles. The van der Waals surface area contributed by atoms with Crippen LogP contribution in [0.1, 0.15) is 11.4 Å². The monoisotopic (exact) mass is 264 g/mol. The first-order chi connectivity index (χ1) is 6.40. The molecule has 0 aliphatic carbocycles. The molecule has 15 heavy (non-hydrogen) atoms. The lowest BCUT2D eigenvalue weighted by Gasteiger charge is -1.89. The lowest BCUT2D eigenvalue weighted by molar-refractivity contribution is 0.828. The molecule has 5 heteroatoms. The number of fused-ring (bicyclic) bond motifs is 1. The van der Waals surface area contributed by atoms with Crippen molar-refractivity contribution < 1.29 is 0 Å².